The number of carbonyl (C=O) groups is 1. The minimum Gasteiger partial charge on any atom is -0.493 e. The van der Waals surface area contributed by atoms with Gasteiger partial charge in [-0.25, -0.2) is 4.98 Å². The predicted octanol–water partition coefficient (Wildman–Crippen LogP) is 3.03. The standard InChI is InChI=1S/C21H23N5O3/c1-25-17(9-10-23-25)21(27)26-11-5-6-15(14-26)16-12-22-13-20(24-16)29-19-8-4-3-7-18(19)28-2/h3-4,7-10,12-13,15H,5-6,11,14H2,1-2H3. The number of rotatable bonds is 5. The summed E-state index contributed by atoms with van der Waals surface area (Å²) in [6.07, 6.45) is 6.82. The van der Waals surface area contributed by atoms with Crippen LogP contribution in [-0.4, -0.2) is 50.8 Å². The Kier molecular flexibility index (Phi) is 5.41. The molecular weight excluding hydrogens is 370 g/mol. The Morgan fingerprint density at radius 1 is 1.17 bits per heavy atom. The summed E-state index contributed by atoms with van der Waals surface area (Å²) in [4.78, 5) is 23.6. The van der Waals surface area contributed by atoms with E-state index in [-0.39, 0.29) is 11.8 Å². The van der Waals surface area contributed by atoms with Crippen molar-refractivity contribution in [2.24, 2.45) is 7.05 Å². The third-order valence-corrected chi connectivity index (χ3v) is 5.08. The quantitative estimate of drug-likeness (QED) is 0.663. The summed E-state index contributed by atoms with van der Waals surface area (Å²) < 4.78 is 12.8. The summed E-state index contributed by atoms with van der Waals surface area (Å²) in [6, 6.07) is 9.15. The number of aryl methyl sites for hydroxylation is 1. The Hall–Kier alpha value is -3.42. The van der Waals surface area contributed by atoms with Crippen molar-refractivity contribution in [2.45, 2.75) is 18.8 Å². The molecule has 1 saturated heterocycles. The first-order valence-corrected chi connectivity index (χ1v) is 9.56. The molecule has 1 aliphatic heterocycles. The average molecular weight is 393 g/mol. The maximum absolute atomic E-state index is 12.8. The van der Waals surface area contributed by atoms with Crippen LogP contribution in [0.15, 0.2) is 48.9 Å². The van der Waals surface area contributed by atoms with Gasteiger partial charge in [0.2, 0.25) is 5.88 Å². The highest BCUT2D eigenvalue weighted by Crippen LogP contribution is 2.31. The molecule has 0 spiro atoms. The molecule has 1 aromatic carbocycles. The first-order chi connectivity index (χ1) is 14.2. The van der Waals surface area contributed by atoms with Gasteiger partial charge in [-0.15, -0.1) is 0 Å². The lowest BCUT2D eigenvalue weighted by Crippen LogP contribution is -2.40. The Balaban J connectivity index is 1.50. The van der Waals surface area contributed by atoms with Crippen molar-refractivity contribution in [2.75, 3.05) is 20.2 Å². The van der Waals surface area contributed by atoms with Gasteiger partial charge in [-0.05, 0) is 31.0 Å². The summed E-state index contributed by atoms with van der Waals surface area (Å²) in [5.74, 6) is 1.71. The van der Waals surface area contributed by atoms with Crippen LogP contribution in [0.4, 0.5) is 0 Å². The van der Waals surface area contributed by atoms with Gasteiger partial charge >= 0.3 is 0 Å². The van der Waals surface area contributed by atoms with Crippen molar-refractivity contribution < 1.29 is 14.3 Å². The second kappa shape index (κ2) is 8.30. The fourth-order valence-electron chi connectivity index (χ4n) is 3.57. The van der Waals surface area contributed by atoms with Crippen LogP contribution in [0, 0.1) is 0 Å². The first kappa shape index (κ1) is 18.9. The molecule has 1 atom stereocenters. The molecule has 4 rings (SSSR count). The fraction of sp³-hybridized carbons (Fsp3) is 0.333. The molecule has 8 nitrogen and oxygen atoms in total. The first-order valence-electron chi connectivity index (χ1n) is 9.56. The summed E-state index contributed by atoms with van der Waals surface area (Å²) in [6.45, 7) is 1.32. The summed E-state index contributed by atoms with van der Waals surface area (Å²) in [5, 5.41) is 4.10. The molecule has 0 N–H and O–H groups in total. The Bertz CT molecular complexity index is 1000. The molecular formula is C21H23N5O3. The highest BCUT2D eigenvalue weighted by atomic mass is 16.5. The lowest BCUT2D eigenvalue weighted by atomic mass is 9.95. The van der Waals surface area contributed by atoms with E-state index in [1.165, 1.54) is 0 Å². The van der Waals surface area contributed by atoms with Gasteiger partial charge in [0.05, 0.1) is 19.0 Å². The molecule has 150 valence electrons. The van der Waals surface area contributed by atoms with Crippen LogP contribution in [0.5, 0.6) is 17.4 Å². The van der Waals surface area contributed by atoms with Crippen LogP contribution in [0.2, 0.25) is 0 Å². The lowest BCUT2D eigenvalue weighted by Gasteiger charge is -2.32. The summed E-state index contributed by atoms with van der Waals surface area (Å²) in [5.41, 5.74) is 1.41. The molecule has 0 saturated carbocycles. The van der Waals surface area contributed by atoms with E-state index in [2.05, 4.69) is 15.1 Å². The number of nitrogens with zero attached hydrogens (tertiary/aromatic N) is 5. The largest absolute Gasteiger partial charge is 0.493 e. The molecule has 8 heteroatoms. The van der Waals surface area contributed by atoms with Gasteiger partial charge in [-0.1, -0.05) is 12.1 Å². The smallest absolute Gasteiger partial charge is 0.272 e. The van der Waals surface area contributed by atoms with E-state index in [9.17, 15) is 4.79 Å². The molecule has 1 unspecified atom stereocenters. The van der Waals surface area contributed by atoms with E-state index >= 15 is 0 Å². The van der Waals surface area contributed by atoms with Crippen molar-refractivity contribution >= 4 is 5.91 Å². The minimum absolute atomic E-state index is 0.0101. The van der Waals surface area contributed by atoms with Gasteiger partial charge in [0, 0.05) is 38.4 Å². The maximum Gasteiger partial charge on any atom is 0.272 e. The summed E-state index contributed by atoms with van der Waals surface area (Å²) in [7, 11) is 3.37. The van der Waals surface area contributed by atoms with Crippen molar-refractivity contribution in [3.8, 4) is 17.4 Å². The van der Waals surface area contributed by atoms with E-state index in [0.717, 1.165) is 25.1 Å². The number of hydrogen-bond donors (Lipinski definition) is 0. The molecule has 1 amide bonds. The van der Waals surface area contributed by atoms with Crippen molar-refractivity contribution in [1.29, 1.82) is 0 Å². The van der Waals surface area contributed by atoms with Crippen LogP contribution in [0.3, 0.4) is 0 Å². The molecule has 1 aliphatic rings. The number of para-hydroxylation sites is 2. The van der Waals surface area contributed by atoms with E-state index in [1.807, 2.05) is 29.2 Å². The van der Waals surface area contributed by atoms with Gasteiger partial charge in [0.15, 0.2) is 11.5 Å². The van der Waals surface area contributed by atoms with Crippen LogP contribution in [-0.2, 0) is 7.05 Å². The zero-order valence-corrected chi connectivity index (χ0v) is 16.5. The molecule has 2 aromatic heterocycles. The van der Waals surface area contributed by atoms with Crippen LogP contribution < -0.4 is 9.47 Å². The normalized spacial score (nSPS) is 16.5. The highest BCUT2D eigenvalue weighted by Gasteiger charge is 2.28. The summed E-state index contributed by atoms with van der Waals surface area (Å²) >= 11 is 0. The maximum atomic E-state index is 12.8. The molecule has 0 aliphatic carbocycles. The average Bonchev–Trinajstić information content (AvgIpc) is 3.20. The Labute approximate surface area is 169 Å². The van der Waals surface area contributed by atoms with Crippen molar-refractivity contribution in [3.63, 3.8) is 0 Å². The Morgan fingerprint density at radius 3 is 2.76 bits per heavy atom. The molecule has 1 fully saturated rings. The van der Waals surface area contributed by atoms with Crippen LogP contribution >= 0.6 is 0 Å². The SMILES string of the molecule is COc1ccccc1Oc1cncc(C2CCCN(C(=O)c3ccnn3C)C2)n1. The van der Waals surface area contributed by atoms with Gasteiger partial charge < -0.3 is 14.4 Å². The van der Waals surface area contributed by atoms with Gasteiger partial charge in [0.25, 0.3) is 5.91 Å². The van der Waals surface area contributed by atoms with E-state index in [0.29, 0.717) is 29.6 Å². The zero-order chi connectivity index (χ0) is 20.2. The lowest BCUT2D eigenvalue weighted by molar-refractivity contribution is 0.0694. The number of amides is 1. The number of aromatic nitrogens is 4. The highest BCUT2D eigenvalue weighted by molar-refractivity contribution is 5.92. The fourth-order valence-corrected chi connectivity index (χ4v) is 3.57. The second-order valence-electron chi connectivity index (χ2n) is 6.97. The van der Waals surface area contributed by atoms with Gasteiger partial charge in [-0.2, -0.15) is 5.10 Å². The number of ether oxygens (including phenoxy) is 2. The van der Waals surface area contributed by atoms with Gasteiger partial charge in [-0.3, -0.25) is 14.5 Å². The molecule has 0 bridgehead atoms. The minimum atomic E-state index is -0.0101. The predicted molar refractivity (Wildman–Crippen MR) is 106 cm³/mol. The second-order valence-corrected chi connectivity index (χ2v) is 6.97. The Morgan fingerprint density at radius 2 is 2.00 bits per heavy atom. The molecule has 3 aromatic rings. The molecule has 0 radical (unpaired) electrons. The number of piperidine rings is 1. The zero-order valence-electron chi connectivity index (χ0n) is 16.5. The van der Waals surface area contributed by atoms with E-state index in [4.69, 9.17) is 9.47 Å². The molecule has 3 heterocycles. The number of methoxy groups -OCH3 is 1. The third-order valence-electron chi connectivity index (χ3n) is 5.08. The van der Waals surface area contributed by atoms with E-state index < -0.39 is 0 Å². The van der Waals surface area contributed by atoms with Crippen molar-refractivity contribution in [1.82, 2.24) is 24.6 Å². The third kappa shape index (κ3) is 4.06. The monoisotopic (exact) mass is 393 g/mol. The van der Waals surface area contributed by atoms with Crippen LogP contribution in [0.1, 0.15) is 34.9 Å². The van der Waals surface area contributed by atoms with E-state index in [1.54, 1.807) is 43.5 Å². The number of carbonyl (C=O) groups excluding carboxylic acids is 1. The van der Waals surface area contributed by atoms with Crippen molar-refractivity contribution in [3.05, 3.63) is 60.3 Å². The van der Waals surface area contributed by atoms with Crippen LogP contribution in [0.25, 0.3) is 0 Å². The number of hydrogen-bond acceptors (Lipinski definition) is 6. The molecule has 29 heavy (non-hydrogen) atoms. The number of benzene rings is 1. The van der Waals surface area contributed by atoms with Gasteiger partial charge in [0.1, 0.15) is 5.69 Å². The topological polar surface area (TPSA) is 82.4 Å². The number of likely N-dealkylation sites (tertiary alicyclic amines) is 1.